The molecule has 0 saturated carbocycles. The van der Waals surface area contributed by atoms with Crippen LogP contribution in [-0.2, 0) is 6.54 Å². The van der Waals surface area contributed by atoms with E-state index < -0.39 is 0 Å². The van der Waals surface area contributed by atoms with E-state index in [2.05, 4.69) is 38.0 Å². The SMILES string of the molecule is O=C(Cn1nnc(-c2ccccc2)n1)c1ccc(I)cc1. The molecule has 104 valence electrons. The Morgan fingerprint density at radius 2 is 1.76 bits per heavy atom. The topological polar surface area (TPSA) is 60.7 Å². The van der Waals surface area contributed by atoms with Crippen molar-refractivity contribution in [2.24, 2.45) is 0 Å². The van der Waals surface area contributed by atoms with E-state index in [9.17, 15) is 4.79 Å². The zero-order valence-electron chi connectivity index (χ0n) is 11.0. The van der Waals surface area contributed by atoms with Gasteiger partial charge in [-0.05, 0) is 39.9 Å². The summed E-state index contributed by atoms with van der Waals surface area (Å²) in [6, 6.07) is 17.0. The molecule has 0 radical (unpaired) electrons. The van der Waals surface area contributed by atoms with Crippen LogP contribution in [0.25, 0.3) is 11.4 Å². The molecule has 1 aromatic heterocycles. The third-order valence-electron chi connectivity index (χ3n) is 2.94. The Kier molecular flexibility index (Phi) is 4.05. The van der Waals surface area contributed by atoms with Crippen LogP contribution in [-0.4, -0.2) is 26.0 Å². The minimum absolute atomic E-state index is 0.0385. The summed E-state index contributed by atoms with van der Waals surface area (Å²) in [7, 11) is 0. The molecule has 6 heteroatoms. The van der Waals surface area contributed by atoms with Gasteiger partial charge in [0.25, 0.3) is 0 Å². The van der Waals surface area contributed by atoms with Crippen molar-refractivity contribution in [3.05, 3.63) is 63.7 Å². The van der Waals surface area contributed by atoms with Gasteiger partial charge in [0.1, 0.15) is 6.54 Å². The number of nitrogens with zero attached hydrogens (tertiary/aromatic N) is 4. The van der Waals surface area contributed by atoms with Gasteiger partial charge in [-0.3, -0.25) is 4.79 Å². The van der Waals surface area contributed by atoms with Crippen LogP contribution in [0, 0.1) is 3.57 Å². The maximum Gasteiger partial charge on any atom is 0.204 e. The Bertz CT molecular complexity index is 753. The van der Waals surface area contributed by atoms with E-state index in [4.69, 9.17) is 0 Å². The lowest BCUT2D eigenvalue weighted by atomic mass is 10.1. The number of hydrogen-bond donors (Lipinski definition) is 0. The number of rotatable bonds is 4. The Hall–Kier alpha value is -2.09. The summed E-state index contributed by atoms with van der Waals surface area (Å²) in [6.07, 6.45) is 0. The summed E-state index contributed by atoms with van der Waals surface area (Å²) < 4.78 is 1.09. The van der Waals surface area contributed by atoms with Crippen LogP contribution in [0.3, 0.4) is 0 Å². The lowest BCUT2D eigenvalue weighted by Crippen LogP contribution is -2.13. The molecule has 0 bridgehead atoms. The highest BCUT2D eigenvalue weighted by molar-refractivity contribution is 14.1. The highest BCUT2D eigenvalue weighted by Crippen LogP contribution is 2.12. The van der Waals surface area contributed by atoms with Gasteiger partial charge in [0.2, 0.25) is 5.82 Å². The molecule has 0 aliphatic heterocycles. The number of carbonyl (C=O) groups excluding carboxylic acids is 1. The summed E-state index contributed by atoms with van der Waals surface area (Å²) >= 11 is 2.20. The Balaban J connectivity index is 1.75. The van der Waals surface area contributed by atoms with Gasteiger partial charge in [-0.1, -0.05) is 42.5 Å². The molecule has 0 aliphatic carbocycles. The number of ketones is 1. The summed E-state index contributed by atoms with van der Waals surface area (Å²) in [5.41, 5.74) is 1.53. The molecule has 3 rings (SSSR count). The fourth-order valence-electron chi connectivity index (χ4n) is 1.87. The molecule has 1 heterocycles. The molecule has 0 N–H and O–H groups in total. The average molecular weight is 390 g/mol. The number of carbonyl (C=O) groups is 1. The third-order valence-corrected chi connectivity index (χ3v) is 3.66. The van der Waals surface area contributed by atoms with Crippen molar-refractivity contribution < 1.29 is 4.79 Å². The molecule has 21 heavy (non-hydrogen) atoms. The summed E-state index contributed by atoms with van der Waals surface area (Å²) in [5.74, 6) is 0.481. The lowest BCUT2D eigenvalue weighted by molar-refractivity contribution is 0.0961. The zero-order chi connectivity index (χ0) is 14.7. The Labute approximate surface area is 135 Å². The van der Waals surface area contributed by atoms with Crippen LogP contribution in [0.1, 0.15) is 10.4 Å². The van der Waals surface area contributed by atoms with Gasteiger partial charge < -0.3 is 0 Å². The van der Waals surface area contributed by atoms with E-state index in [1.807, 2.05) is 42.5 Å². The standard InChI is InChI=1S/C15H11IN4O/c16-13-8-6-11(7-9-13)14(21)10-20-18-15(17-19-20)12-4-2-1-3-5-12/h1-9H,10H2. The number of hydrogen-bond acceptors (Lipinski definition) is 4. The van der Waals surface area contributed by atoms with Crippen molar-refractivity contribution in [3.8, 4) is 11.4 Å². The molecule has 0 fully saturated rings. The molecular formula is C15H11IN4O. The summed E-state index contributed by atoms with van der Waals surface area (Å²) in [6.45, 7) is 0.0838. The van der Waals surface area contributed by atoms with E-state index in [-0.39, 0.29) is 12.3 Å². The second kappa shape index (κ2) is 6.13. The van der Waals surface area contributed by atoms with Crippen molar-refractivity contribution >= 4 is 28.4 Å². The van der Waals surface area contributed by atoms with Gasteiger partial charge in [-0.25, -0.2) is 0 Å². The third kappa shape index (κ3) is 3.33. The van der Waals surface area contributed by atoms with E-state index in [0.717, 1.165) is 9.13 Å². The molecule has 0 atom stereocenters. The van der Waals surface area contributed by atoms with E-state index in [0.29, 0.717) is 11.4 Å². The van der Waals surface area contributed by atoms with Crippen LogP contribution >= 0.6 is 22.6 Å². The number of benzene rings is 2. The van der Waals surface area contributed by atoms with Gasteiger partial charge >= 0.3 is 0 Å². The summed E-state index contributed by atoms with van der Waals surface area (Å²) in [5, 5.41) is 12.1. The van der Waals surface area contributed by atoms with Gasteiger partial charge in [-0.2, -0.15) is 4.80 Å². The number of aromatic nitrogens is 4. The van der Waals surface area contributed by atoms with Crippen LogP contribution in [0.2, 0.25) is 0 Å². The molecule has 3 aromatic rings. The molecule has 0 aliphatic rings. The first-order valence-corrected chi connectivity index (χ1v) is 7.42. The highest BCUT2D eigenvalue weighted by Gasteiger charge is 2.10. The Morgan fingerprint density at radius 3 is 2.48 bits per heavy atom. The first-order chi connectivity index (χ1) is 10.2. The predicted octanol–water partition coefficient (Wildman–Crippen LogP) is 2.83. The summed E-state index contributed by atoms with van der Waals surface area (Å²) in [4.78, 5) is 13.5. The Morgan fingerprint density at radius 1 is 1.05 bits per heavy atom. The first kappa shape index (κ1) is 13.9. The number of Topliss-reactive ketones (excluding diaryl/α,β-unsaturated/α-hetero) is 1. The highest BCUT2D eigenvalue weighted by atomic mass is 127. The molecule has 0 spiro atoms. The van der Waals surface area contributed by atoms with E-state index >= 15 is 0 Å². The van der Waals surface area contributed by atoms with E-state index in [1.165, 1.54) is 4.80 Å². The first-order valence-electron chi connectivity index (χ1n) is 6.34. The maximum atomic E-state index is 12.1. The van der Waals surface area contributed by atoms with Crippen molar-refractivity contribution in [1.29, 1.82) is 0 Å². The van der Waals surface area contributed by atoms with Gasteiger partial charge in [0, 0.05) is 14.7 Å². The minimum Gasteiger partial charge on any atom is -0.292 e. The number of halogens is 1. The van der Waals surface area contributed by atoms with Crippen molar-refractivity contribution in [2.45, 2.75) is 6.54 Å². The molecule has 5 nitrogen and oxygen atoms in total. The minimum atomic E-state index is -0.0385. The quantitative estimate of drug-likeness (QED) is 0.508. The monoisotopic (exact) mass is 390 g/mol. The molecular weight excluding hydrogens is 379 g/mol. The van der Waals surface area contributed by atoms with Gasteiger partial charge in [0.15, 0.2) is 5.78 Å². The lowest BCUT2D eigenvalue weighted by Gasteiger charge is -1.99. The fraction of sp³-hybridized carbons (Fsp3) is 0.0667. The maximum absolute atomic E-state index is 12.1. The van der Waals surface area contributed by atoms with Crippen molar-refractivity contribution in [1.82, 2.24) is 20.2 Å². The largest absolute Gasteiger partial charge is 0.292 e. The van der Waals surface area contributed by atoms with Crippen LogP contribution < -0.4 is 0 Å². The predicted molar refractivity (Wildman–Crippen MR) is 86.7 cm³/mol. The molecule has 0 unspecified atom stereocenters. The van der Waals surface area contributed by atoms with Crippen molar-refractivity contribution in [2.75, 3.05) is 0 Å². The molecule has 0 saturated heterocycles. The van der Waals surface area contributed by atoms with Gasteiger partial charge in [0.05, 0.1) is 0 Å². The van der Waals surface area contributed by atoms with Crippen molar-refractivity contribution in [3.63, 3.8) is 0 Å². The van der Waals surface area contributed by atoms with Crippen LogP contribution in [0.4, 0.5) is 0 Å². The van der Waals surface area contributed by atoms with Crippen LogP contribution in [0.15, 0.2) is 54.6 Å². The van der Waals surface area contributed by atoms with Gasteiger partial charge in [-0.15, -0.1) is 10.2 Å². The number of tetrazole rings is 1. The average Bonchev–Trinajstić information content (AvgIpc) is 2.97. The zero-order valence-corrected chi connectivity index (χ0v) is 13.1. The molecule has 2 aromatic carbocycles. The normalized spacial score (nSPS) is 10.5. The smallest absolute Gasteiger partial charge is 0.204 e. The second-order valence-corrected chi connectivity index (χ2v) is 5.69. The van der Waals surface area contributed by atoms with Crippen LogP contribution in [0.5, 0.6) is 0 Å². The fourth-order valence-corrected chi connectivity index (χ4v) is 2.23. The van der Waals surface area contributed by atoms with E-state index in [1.54, 1.807) is 12.1 Å². The molecule has 0 amide bonds. The second-order valence-electron chi connectivity index (χ2n) is 4.44.